The molecule has 0 aliphatic rings. The van der Waals surface area contributed by atoms with Crippen LogP contribution in [0.4, 0.5) is 0 Å². The normalized spacial score (nSPS) is 11.3. The first-order valence-electron chi connectivity index (χ1n) is 7.18. The Morgan fingerprint density at radius 2 is 2.00 bits per heavy atom. The average Bonchev–Trinajstić information content (AvgIpc) is 3.03. The highest BCUT2D eigenvalue weighted by Crippen LogP contribution is 2.23. The zero-order valence-electron chi connectivity index (χ0n) is 12.8. The molecule has 1 heterocycles. The monoisotopic (exact) mass is 353 g/mol. The number of hydrogen-bond donors (Lipinski definition) is 2. The Kier molecular flexibility index (Phi) is 6.26. The van der Waals surface area contributed by atoms with E-state index in [2.05, 4.69) is 15.0 Å². The van der Waals surface area contributed by atoms with Crippen molar-refractivity contribution in [1.82, 2.24) is 15.0 Å². The number of sulfonamides is 1. The maximum atomic E-state index is 11.7. The number of aromatic nitrogens is 1. The summed E-state index contributed by atoms with van der Waals surface area (Å²) >= 11 is 1.55. The molecule has 1 amide bonds. The highest BCUT2D eigenvalue weighted by molar-refractivity contribution is 7.89. The number of aryl methyl sites for hydroxylation is 1. The molecule has 0 spiro atoms. The van der Waals surface area contributed by atoms with Crippen molar-refractivity contribution < 1.29 is 13.2 Å². The summed E-state index contributed by atoms with van der Waals surface area (Å²) in [6, 6.07) is 9.87. The van der Waals surface area contributed by atoms with Crippen molar-refractivity contribution >= 4 is 27.3 Å². The summed E-state index contributed by atoms with van der Waals surface area (Å²) in [6.45, 7) is 0.105. The van der Waals surface area contributed by atoms with E-state index in [1.54, 1.807) is 11.3 Å². The Balaban J connectivity index is 1.78. The first-order chi connectivity index (χ1) is 11.0. The summed E-state index contributed by atoms with van der Waals surface area (Å²) in [6.07, 6.45) is 0.825. The summed E-state index contributed by atoms with van der Waals surface area (Å²) in [5.41, 5.74) is 1.93. The molecule has 0 aliphatic carbocycles. The summed E-state index contributed by atoms with van der Waals surface area (Å²) in [5, 5.41) is 5.48. The van der Waals surface area contributed by atoms with Gasteiger partial charge >= 0.3 is 0 Å². The molecule has 0 fully saturated rings. The fourth-order valence-electron chi connectivity index (χ4n) is 1.89. The Labute approximate surface area is 140 Å². The number of hydrogen-bond acceptors (Lipinski definition) is 5. The minimum absolute atomic E-state index is 0.105. The molecule has 1 aromatic carbocycles. The van der Waals surface area contributed by atoms with E-state index in [9.17, 15) is 13.2 Å². The van der Waals surface area contributed by atoms with E-state index in [0.29, 0.717) is 6.42 Å². The van der Waals surface area contributed by atoms with Gasteiger partial charge in [0, 0.05) is 23.9 Å². The smallest absolute Gasteiger partial charge is 0.220 e. The molecule has 0 bridgehead atoms. The second kappa shape index (κ2) is 8.19. The molecular weight excluding hydrogens is 334 g/mol. The van der Waals surface area contributed by atoms with Crippen LogP contribution >= 0.6 is 11.3 Å². The van der Waals surface area contributed by atoms with Gasteiger partial charge in [0.15, 0.2) is 0 Å². The molecule has 0 unspecified atom stereocenters. The Bertz CT molecular complexity index is 742. The minimum atomic E-state index is -3.28. The zero-order chi connectivity index (χ0) is 16.7. The van der Waals surface area contributed by atoms with E-state index >= 15 is 0 Å². The molecule has 8 heteroatoms. The first-order valence-corrected chi connectivity index (χ1v) is 9.71. The van der Waals surface area contributed by atoms with Crippen molar-refractivity contribution in [2.45, 2.75) is 12.8 Å². The molecule has 2 rings (SSSR count). The van der Waals surface area contributed by atoms with Crippen LogP contribution < -0.4 is 10.0 Å². The summed E-state index contributed by atoms with van der Waals surface area (Å²) in [7, 11) is -1.93. The van der Waals surface area contributed by atoms with Crippen LogP contribution in [0, 0.1) is 0 Å². The Morgan fingerprint density at radius 3 is 2.70 bits per heavy atom. The van der Waals surface area contributed by atoms with Gasteiger partial charge in [-0.15, -0.1) is 11.3 Å². The van der Waals surface area contributed by atoms with Crippen LogP contribution in [-0.2, 0) is 21.2 Å². The van der Waals surface area contributed by atoms with Gasteiger partial charge in [-0.1, -0.05) is 30.3 Å². The average molecular weight is 353 g/mol. The molecule has 2 N–H and O–H groups in total. The van der Waals surface area contributed by atoms with Gasteiger partial charge in [-0.05, 0) is 13.5 Å². The van der Waals surface area contributed by atoms with Crippen LogP contribution in [0.5, 0.6) is 0 Å². The number of carbonyl (C=O) groups excluding carboxylic acids is 1. The molecule has 124 valence electrons. The third-order valence-corrected chi connectivity index (χ3v) is 5.49. The number of nitrogens with zero attached hydrogens (tertiary/aromatic N) is 1. The van der Waals surface area contributed by atoms with Crippen molar-refractivity contribution in [3.05, 3.63) is 41.4 Å². The number of carbonyl (C=O) groups is 1. The van der Waals surface area contributed by atoms with E-state index in [0.717, 1.165) is 16.3 Å². The number of amides is 1. The maximum absolute atomic E-state index is 11.7. The molecular formula is C15H19N3O3S2. The number of thiazole rings is 1. The number of benzene rings is 1. The third kappa shape index (κ3) is 5.74. The topological polar surface area (TPSA) is 88.2 Å². The standard InChI is InChI=1S/C15H19N3O3S2/c1-16-23(20,21)10-9-17-14(19)8-7-13-11-22-15(18-13)12-5-3-2-4-6-12/h2-6,11,16H,7-10H2,1H3,(H,17,19). The molecule has 0 atom stereocenters. The molecule has 0 aliphatic heterocycles. The Morgan fingerprint density at radius 1 is 1.26 bits per heavy atom. The summed E-state index contributed by atoms with van der Waals surface area (Å²) in [4.78, 5) is 16.2. The van der Waals surface area contributed by atoms with E-state index < -0.39 is 10.0 Å². The van der Waals surface area contributed by atoms with Crippen LogP contribution in [0.1, 0.15) is 12.1 Å². The minimum Gasteiger partial charge on any atom is -0.355 e. The second-order valence-corrected chi connectivity index (χ2v) is 7.79. The van der Waals surface area contributed by atoms with Crippen LogP contribution in [0.3, 0.4) is 0 Å². The molecule has 6 nitrogen and oxygen atoms in total. The summed E-state index contributed by atoms with van der Waals surface area (Å²) < 4.78 is 24.7. The SMILES string of the molecule is CNS(=O)(=O)CCNC(=O)CCc1csc(-c2ccccc2)n1. The largest absolute Gasteiger partial charge is 0.355 e. The lowest BCUT2D eigenvalue weighted by Crippen LogP contribution is -2.33. The van der Waals surface area contributed by atoms with Crippen molar-refractivity contribution in [3.8, 4) is 10.6 Å². The first kappa shape index (κ1) is 17.6. The van der Waals surface area contributed by atoms with Gasteiger partial charge in [0.2, 0.25) is 15.9 Å². The van der Waals surface area contributed by atoms with Crippen LogP contribution in [-0.4, -0.2) is 38.7 Å². The van der Waals surface area contributed by atoms with Crippen molar-refractivity contribution in [1.29, 1.82) is 0 Å². The van der Waals surface area contributed by atoms with Gasteiger partial charge in [0.25, 0.3) is 0 Å². The molecule has 1 aromatic heterocycles. The summed E-state index contributed by atoms with van der Waals surface area (Å²) in [5.74, 6) is -0.296. The maximum Gasteiger partial charge on any atom is 0.220 e. The van der Waals surface area contributed by atoms with Gasteiger partial charge in [0.05, 0.1) is 11.4 Å². The fraction of sp³-hybridized carbons (Fsp3) is 0.333. The van der Waals surface area contributed by atoms with Gasteiger partial charge in [0.1, 0.15) is 5.01 Å². The fourth-order valence-corrected chi connectivity index (χ4v) is 3.33. The molecule has 23 heavy (non-hydrogen) atoms. The quantitative estimate of drug-likeness (QED) is 0.751. The number of nitrogens with one attached hydrogen (secondary N) is 2. The molecule has 2 aromatic rings. The van der Waals surface area contributed by atoms with E-state index in [4.69, 9.17) is 0 Å². The van der Waals surface area contributed by atoms with E-state index in [1.165, 1.54) is 7.05 Å². The van der Waals surface area contributed by atoms with Gasteiger partial charge in [-0.2, -0.15) is 0 Å². The van der Waals surface area contributed by atoms with Crippen molar-refractivity contribution in [2.24, 2.45) is 0 Å². The lowest BCUT2D eigenvalue weighted by molar-refractivity contribution is -0.120. The van der Waals surface area contributed by atoms with E-state index in [1.807, 2.05) is 35.7 Å². The van der Waals surface area contributed by atoms with Crippen molar-refractivity contribution in [3.63, 3.8) is 0 Å². The van der Waals surface area contributed by atoms with Crippen molar-refractivity contribution in [2.75, 3.05) is 19.3 Å². The predicted molar refractivity (Wildman–Crippen MR) is 91.7 cm³/mol. The highest BCUT2D eigenvalue weighted by Gasteiger charge is 2.09. The van der Waals surface area contributed by atoms with E-state index in [-0.39, 0.29) is 24.6 Å². The molecule has 0 radical (unpaired) electrons. The van der Waals surface area contributed by atoms with Crippen LogP contribution in [0.2, 0.25) is 0 Å². The lowest BCUT2D eigenvalue weighted by Gasteiger charge is -2.04. The van der Waals surface area contributed by atoms with Gasteiger partial charge < -0.3 is 5.32 Å². The zero-order valence-corrected chi connectivity index (χ0v) is 14.4. The second-order valence-electron chi connectivity index (χ2n) is 4.88. The molecule has 0 saturated heterocycles. The van der Waals surface area contributed by atoms with Gasteiger partial charge in [-0.3, -0.25) is 4.79 Å². The van der Waals surface area contributed by atoms with Crippen LogP contribution in [0.25, 0.3) is 10.6 Å². The Hall–Kier alpha value is -1.77. The third-order valence-electron chi connectivity index (χ3n) is 3.18. The number of rotatable bonds is 8. The highest BCUT2D eigenvalue weighted by atomic mass is 32.2. The van der Waals surface area contributed by atoms with Crippen LogP contribution in [0.15, 0.2) is 35.7 Å². The lowest BCUT2D eigenvalue weighted by atomic mass is 10.2. The molecule has 0 saturated carbocycles. The predicted octanol–water partition coefficient (Wildman–Crippen LogP) is 1.41. The van der Waals surface area contributed by atoms with Gasteiger partial charge in [-0.25, -0.2) is 18.1 Å².